The number of hydrogen-bond donors (Lipinski definition) is 0. The molecule has 128 valence electrons. The van der Waals surface area contributed by atoms with Gasteiger partial charge in [-0.15, -0.1) is 0 Å². The zero-order valence-electron chi connectivity index (χ0n) is 14.7. The first-order chi connectivity index (χ1) is 11.0. The Balaban J connectivity index is 2.93. The molecule has 0 aliphatic rings. The zero-order chi connectivity index (χ0) is 17.4. The molecule has 1 aromatic rings. The van der Waals surface area contributed by atoms with Gasteiger partial charge in [-0.1, -0.05) is 19.9 Å². The molecule has 0 saturated carbocycles. The van der Waals surface area contributed by atoms with E-state index in [1.807, 2.05) is 33.0 Å². The Bertz CT molecular complexity index is 542. The standard InChI is InChI=1S/C18H27NO4/c1-6-13(17(20)22-4)11-12-19(3)16-10-8-9-15(14(16)7-2)18(21)23-5/h8-10,13H,6-7,11-12H2,1-5H3. The van der Waals surface area contributed by atoms with Crippen LogP contribution in [0.15, 0.2) is 18.2 Å². The second-order valence-corrected chi connectivity index (χ2v) is 5.49. The summed E-state index contributed by atoms with van der Waals surface area (Å²) in [5.41, 5.74) is 2.56. The summed E-state index contributed by atoms with van der Waals surface area (Å²) in [6, 6.07) is 5.63. The average molecular weight is 321 g/mol. The first-order valence-corrected chi connectivity index (χ1v) is 7.99. The minimum atomic E-state index is -0.321. The monoisotopic (exact) mass is 321 g/mol. The summed E-state index contributed by atoms with van der Waals surface area (Å²) in [6.45, 7) is 4.71. The molecule has 0 radical (unpaired) electrons. The maximum absolute atomic E-state index is 11.9. The van der Waals surface area contributed by atoms with Crippen LogP contribution >= 0.6 is 0 Å². The first-order valence-electron chi connectivity index (χ1n) is 7.99. The summed E-state index contributed by atoms with van der Waals surface area (Å²) in [6.07, 6.45) is 2.20. The lowest BCUT2D eigenvalue weighted by molar-refractivity contribution is -0.145. The number of ether oxygens (including phenoxy) is 2. The van der Waals surface area contributed by atoms with Crippen LogP contribution in [0.1, 0.15) is 42.6 Å². The third kappa shape index (κ3) is 4.71. The summed E-state index contributed by atoms with van der Waals surface area (Å²) in [4.78, 5) is 25.7. The van der Waals surface area contributed by atoms with Crippen LogP contribution in [0.25, 0.3) is 0 Å². The van der Waals surface area contributed by atoms with Gasteiger partial charge in [-0.2, -0.15) is 0 Å². The molecule has 0 N–H and O–H groups in total. The Morgan fingerprint density at radius 1 is 1.17 bits per heavy atom. The van der Waals surface area contributed by atoms with E-state index >= 15 is 0 Å². The maximum atomic E-state index is 11.9. The molecule has 23 heavy (non-hydrogen) atoms. The van der Waals surface area contributed by atoms with Crippen molar-refractivity contribution in [3.8, 4) is 0 Å². The van der Waals surface area contributed by atoms with Crippen LogP contribution in [0, 0.1) is 5.92 Å². The Hall–Kier alpha value is -2.04. The van der Waals surface area contributed by atoms with Crippen molar-refractivity contribution in [1.29, 1.82) is 0 Å². The van der Waals surface area contributed by atoms with Crippen molar-refractivity contribution in [2.24, 2.45) is 5.92 Å². The molecule has 0 saturated heterocycles. The summed E-state index contributed by atoms with van der Waals surface area (Å²) >= 11 is 0. The second-order valence-electron chi connectivity index (χ2n) is 5.49. The average Bonchev–Trinajstić information content (AvgIpc) is 2.59. The van der Waals surface area contributed by atoms with Gasteiger partial charge in [-0.05, 0) is 37.0 Å². The van der Waals surface area contributed by atoms with Gasteiger partial charge in [-0.25, -0.2) is 4.79 Å². The number of carbonyl (C=O) groups excluding carboxylic acids is 2. The van der Waals surface area contributed by atoms with E-state index in [0.717, 1.165) is 24.1 Å². The summed E-state index contributed by atoms with van der Waals surface area (Å²) < 4.78 is 9.69. The van der Waals surface area contributed by atoms with Crippen LogP contribution in [-0.2, 0) is 20.7 Å². The number of nitrogens with zero attached hydrogens (tertiary/aromatic N) is 1. The van der Waals surface area contributed by atoms with E-state index in [9.17, 15) is 9.59 Å². The lowest BCUT2D eigenvalue weighted by Gasteiger charge is -2.25. The molecule has 0 amide bonds. The maximum Gasteiger partial charge on any atom is 0.338 e. The zero-order valence-corrected chi connectivity index (χ0v) is 14.7. The molecular weight excluding hydrogens is 294 g/mol. The largest absolute Gasteiger partial charge is 0.469 e. The van der Waals surface area contributed by atoms with Gasteiger partial charge in [0, 0.05) is 19.3 Å². The highest BCUT2D eigenvalue weighted by Crippen LogP contribution is 2.25. The molecule has 0 heterocycles. The van der Waals surface area contributed by atoms with Crippen LogP contribution in [0.3, 0.4) is 0 Å². The molecule has 5 nitrogen and oxygen atoms in total. The van der Waals surface area contributed by atoms with Crippen molar-refractivity contribution in [3.63, 3.8) is 0 Å². The third-order valence-corrected chi connectivity index (χ3v) is 4.16. The number of esters is 2. The summed E-state index contributed by atoms with van der Waals surface area (Å²) in [7, 11) is 4.78. The fourth-order valence-corrected chi connectivity index (χ4v) is 2.73. The predicted molar refractivity (Wildman–Crippen MR) is 90.8 cm³/mol. The molecule has 1 rings (SSSR count). The normalized spacial score (nSPS) is 11.7. The number of benzene rings is 1. The molecule has 0 fully saturated rings. The molecule has 0 aromatic heterocycles. The van der Waals surface area contributed by atoms with Crippen molar-refractivity contribution in [2.75, 3.05) is 32.7 Å². The summed E-state index contributed by atoms with van der Waals surface area (Å²) in [5, 5.41) is 0. The number of rotatable bonds is 8. The lowest BCUT2D eigenvalue weighted by Crippen LogP contribution is -2.26. The molecule has 0 aliphatic carbocycles. The second kappa shape index (κ2) is 9.18. The summed E-state index contributed by atoms with van der Waals surface area (Å²) in [5.74, 6) is -0.589. The van der Waals surface area contributed by atoms with E-state index in [-0.39, 0.29) is 17.9 Å². The molecule has 1 aromatic carbocycles. The van der Waals surface area contributed by atoms with E-state index in [1.54, 1.807) is 6.07 Å². The molecular formula is C18H27NO4. The van der Waals surface area contributed by atoms with Crippen molar-refractivity contribution in [2.45, 2.75) is 33.1 Å². The molecule has 1 unspecified atom stereocenters. The molecule has 0 spiro atoms. The number of methoxy groups -OCH3 is 2. The Morgan fingerprint density at radius 3 is 2.39 bits per heavy atom. The first kappa shape index (κ1) is 19.0. The quantitative estimate of drug-likeness (QED) is 0.689. The molecule has 1 atom stereocenters. The highest BCUT2D eigenvalue weighted by molar-refractivity contribution is 5.93. The van der Waals surface area contributed by atoms with Crippen molar-refractivity contribution in [1.82, 2.24) is 0 Å². The highest BCUT2D eigenvalue weighted by atomic mass is 16.5. The molecule has 0 aliphatic heterocycles. The smallest absolute Gasteiger partial charge is 0.338 e. The Morgan fingerprint density at radius 2 is 1.87 bits per heavy atom. The fourth-order valence-electron chi connectivity index (χ4n) is 2.73. The number of anilines is 1. The van der Waals surface area contributed by atoms with E-state index in [1.165, 1.54) is 14.2 Å². The minimum Gasteiger partial charge on any atom is -0.469 e. The van der Waals surface area contributed by atoms with Gasteiger partial charge in [0.2, 0.25) is 0 Å². The van der Waals surface area contributed by atoms with Crippen LogP contribution in [0.4, 0.5) is 5.69 Å². The van der Waals surface area contributed by atoms with E-state index in [4.69, 9.17) is 9.47 Å². The van der Waals surface area contributed by atoms with Crippen LogP contribution < -0.4 is 4.90 Å². The van der Waals surface area contributed by atoms with Crippen LogP contribution in [-0.4, -0.2) is 39.8 Å². The minimum absolute atomic E-state index is 0.101. The topological polar surface area (TPSA) is 55.8 Å². The Kier molecular flexibility index (Phi) is 7.59. The van der Waals surface area contributed by atoms with Crippen molar-refractivity contribution >= 4 is 17.6 Å². The van der Waals surface area contributed by atoms with Gasteiger partial charge in [0.1, 0.15) is 0 Å². The van der Waals surface area contributed by atoms with E-state index in [0.29, 0.717) is 18.5 Å². The fraction of sp³-hybridized carbons (Fsp3) is 0.556. The van der Waals surface area contributed by atoms with Crippen molar-refractivity contribution in [3.05, 3.63) is 29.3 Å². The van der Waals surface area contributed by atoms with E-state index < -0.39 is 0 Å². The van der Waals surface area contributed by atoms with Gasteiger partial charge in [0.25, 0.3) is 0 Å². The molecule has 0 bridgehead atoms. The SMILES string of the molecule is CCc1c(C(=O)OC)cccc1N(C)CCC(CC)C(=O)OC. The molecule has 5 heteroatoms. The number of hydrogen-bond acceptors (Lipinski definition) is 5. The van der Waals surface area contributed by atoms with Gasteiger partial charge in [-0.3, -0.25) is 4.79 Å². The Labute approximate surface area is 138 Å². The van der Waals surface area contributed by atoms with Gasteiger partial charge in [0.15, 0.2) is 0 Å². The van der Waals surface area contributed by atoms with E-state index in [2.05, 4.69) is 4.90 Å². The lowest BCUT2D eigenvalue weighted by atomic mass is 10.00. The van der Waals surface area contributed by atoms with Gasteiger partial charge < -0.3 is 14.4 Å². The van der Waals surface area contributed by atoms with Gasteiger partial charge in [0.05, 0.1) is 25.7 Å². The highest BCUT2D eigenvalue weighted by Gasteiger charge is 2.20. The predicted octanol–water partition coefficient (Wildman–Crippen LogP) is 3.06. The van der Waals surface area contributed by atoms with Gasteiger partial charge >= 0.3 is 11.9 Å². The van der Waals surface area contributed by atoms with Crippen LogP contribution in [0.5, 0.6) is 0 Å². The van der Waals surface area contributed by atoms with Crippen LogP contribution in [0.2, 0.25) is 0 Å². The van der Waals surface area contributed by atoms with Crippen molar-refractivity contribution < 1.29 is 19.1 Å². The number of carbonyl (C=O) groups is 2. The third-order valence-electron chi connectivity index (χ3n) is 4.16.